The molecule has 0 radical (unpaired) electrons. The zero-order valence-electron chi connectivity index (χ0n) is 9.96. The number of nitrogens with one attached hydrogen (secondary N) is 1. The average Bonchev–Trinajstić information content (AvgIpc) is 2.30. The normalized spacial score (nSPS) is 21.4. The van der Waals surface area contributed by atoms with Crippen LogP contribution < -0.4 is 5.32 Å². The molecule has 1 fully saturated rings. The van der Waals surface area contributed by atoms with Crippen LogP contribution in [0.25, 0.3) is 0 Å². The van der Waals surface area contributed by atoms with Crippen molar-refractivity contribution in [2.75, 3.05) is 6.54 Å². The summed E-state index contributed by atoms with van der Waals surface area (Å²) in [5.41, 5.74) is 0.716. The van der Waals surface area contributed by atoms with E-state index in [-0.39, 0.29) is 18.9 Å². The largest absolute Gasteiger partial charge is 0.314 e. The van der Waals surface area contributed by atoms with Gasteiger partial charge in [0.25, 0.3) is 5.92 Å². The third-order valence-electron chi connectivity index (χ3n) is 3.26. The van der Waals surface area contributed by atoms with Crippen LogP contribution in [-0.2, 0) is 6.42 Å². The summed E-state index contributed by atoms with van der Waals surface area (Å²) in [6.07, 6.45) is 2.87. The fourth-order valence-corrected chi connectivity index (χ4v) is 2.43. The first-order chi connectivity index (χ1) is 8.16. The maximum Gasteiger partial charge on any atom is 0.253 e. The highest BCUT2D eigenvalue weighted by Crippen LogP contribution is 2.27. The maximum atomic E-state index is 13.9. The molecule has 1 aliphatic heterocycles. The van der Waals surface area contributed by atoms with Crippen LogP contribution in [0.2, 0.25) is 0 Å². The fourth-order valence-electron chi connectivity index (χ4n) is 2.43. The van der Waals surface area contributed by atoms with Gasteiger partial charge in [-0.05, 0) is 24.9 Å². The van der Waals surface area contributed by atoms with Gasteiger partial charge in [-0.25, -0.2) is 8.78 Å². The van der Waals surface area contributed by atoms with Gasteiger partial charge in [0.2, 0.25) is 0 Å². The van der Waals surface area contributed by atoms with E-state index in [9.17, 15) is 8.78 Å². The minimum absolute atomic E-state index is 0.0116. The molecule has 1 nitrogen and oxygen atoms in total. The molecule has 1 atom stereocenters. The summed E-state index contributed by atoms with van der Waals surface area (Å²) >= 11 is 0. The van der Waals surface area contributed by atoms with E-state index in [2.05, 4.69) is 5.32 Å². The molecular formula is C14H19F2N. The molecule has 1 N–H and O–H groups in total. The molecule has 1 unspecified atom stereocenters. The summed E-state index contributed by atoms with van der Waals surface area (Å²) in [7, 11) is 0. The summed E-state index contributed by atoms with van der Waals surface area (Å²) in [6, 6.07) is 8.99. The molecule has 1 saturated heterocycles. The first-order valence-electron chi connectivity index (χ1n) is 6.31. The van der Waals surface area contributed by atoms with Crippen molar-refractivity contribution < 1.29 is 8.78 Å². The molecule has 1 heterocycles. The summed E-state index contributed by atoms with van der Waals surface area (Å²) in [5.74, 6) is -2.60. The summed E-state index contributed by atoms with van der Waals surface area (Å²) in [6.45, 7) is 0.881. The van der Waals surface area contributed by atoms with Crippen LogP contribution in [0.5, 0.6) is 0 Å². The monoisotopic (exact) mass is 239 g/mol. The second-order valence-electron chi connectivity index (χ2n) is 4.87. The maximum absolute atomic E-state index is 13.9. The number of piperidine rings is 1. The van der Waals surface area contributed by atoms with Crippen LogP contribution in [0, 0.1) is 0 Å². The topological polar surface area (TPSA) is 12.0 Å². The number of halogens is 2. The van der Waals surface area contributed by atoms with Crippen LogP contribution in [0.3, 0.4) is 0 Å². The van der Waals surface area contributed by atoms with E-state index in [0.717, 1.165) is 25.8 Å². The second-order valence-corrected chi connectivity index (χ2v) is 4.87. The predicted octanol–water partition coefficient (Wildman–Crippen LogP) is 3.40. The average molecular weight is 239 g/mol. The van der Waals surface area contributed by atoms with Crippen molar-refractivity contribution in [1.82, 2.24) is 5.32 Å². The first-order valence-corrected chi connectivity index (χ1v) is 6.31. The fraction of sp³-hybridized carbons (Fsp3) is 0.571. The Morgan fingerprint density at radius 2 is 1.94 bits per heavy atom. The molecule has 0 bridgehead atoms. The number of rotatable bonds is 4. The van der Waals surface area contributed by atoms with Gasteiger partial charge in [-0.1, -0.05) is 36.8 Å². The van der Waals surface area contributed by atoms with Crippen molar-refractivity contribution in [2.24, 2.45) is 0 Å². The predicted molar refractivity (Wildman–Crippen MR) is 65.4 cm³/mol. The highest BCUT2D eigenvalue weighted by Gasteiger charge is 2.33. The van der Waals surface area contributed by atoms with Crippen molar-refractivity contribution in [3.63, 3.8) is 0 Å². The molecular weight excluding hydrogens is 220 g/mol. The standard InChI is InChI=1S/C14H19F2N/c15-14(16,10-12-6-2-1-3-7-12)11-13-8-4-5-9-17-13/h1-3,6-7,13,17H,4-5,8-11H2. The molecule has 0 aliphatic carbocycles. The number of benzene rings is 1. The molecule has 0 spiro atoms. The van der Waals surface area contributed by atoms with Gasteiger partial charge in [-0.15, -0.1) is 0 Å². The Kier molecular flexibility index (Phi) is 4.11. The van der Waals surface area contributed by atoms with Crippen molar-refractivity contribution in [3.05, 3.63) is 35.9 Å². The Hall–Kier alpha value is -0.960. The van der Waals surface area contributed by atoms with Crippen LogP contribution >= 0.6 is 0 Å². The smallest absolute Gasteiger partial charge is 0.253 e. The van der Waals surface area contributed by atoms with E-state index >= 15 is 0 Å². The van der Waals surface area contributed by atoms with Gasteiger partial charge < -0.3 is 5.32 Å². The van der Waals surface area contributed by atoms with Gasteiger partial charge >= 0.3 is 0 Å². The van der Waals surface area contributed by atoms with Gasteiger partial charge in [0.15, 0.2) is 0 Å². The van der Waals surface area contributed by atoms with E-state index in [1.807, 2.05) is 18.2 Å². The van der Waals surface area contributed by atoms with Gasteiger partial charge in [-0.3, -0.25) is 0 Å². The van der Waals surface area contributed by atoms with Crippen molar-refractivity contribution in [3.8, 4) is 0 Å². The molecule has 0 amide bonds. The van der Waals surface area contributed by atoms with Crippen molar-refractivity contribution in [1.29, 1.82) is 0 Å². The lowest BCUT2D eigenvalue weighted by molar-refractivity contribution is -0.0188. The zero-order chi connectivity index (χ0) is 12.1. The number of hydrogen-bond donors (Lipinski definition) is 1. The van der Waals surface area contributed by atoms with E-state index in [1.165, 1.54) is 0 Å². The minimum Gasteiger partial charge on any atom is -0.314 e. The van der Waals surface area contributed by atoms with Crippen LogP contribution in [-0.4, -0.2) is 18.5 Å². The van der Waals surface area contributed by atoms with E-state index in [1.54, 1.807) is 12.1 Å². The Bertz CT molecular complexity index is 331. The quantitative estimate of drug-likeness (QED) is 0.849. The molecule has 17 heavy (non-hydrogen) atoms. The molecule has 0 saturated carbocycles. The Balaban J connectivity index is 1.89. The summed E-state index contributed by atoms with van der Waals surface area (Å²) in [5, 5.41) is 3.18. The summed E-state index contributed by atoms with van der Waals surface area (Å²) < 4.78 is 27.7. The van der Waals surface area contributed by atoms with Crippen LogP contribution in [0.4, 0.5) is 8.78 Å². The second kappa shape index (κ2) is 5.58. The lowest BCUT2D eigenvalue weighted by Gasteiger charge is -2.27. The van der Waals surface area contributed by atoms with Gasteiger partial charge in [0, 0.05) is 18.9 Å². The lowest BCUT2D eigenvalue weighted by atomic mass is 9.95. The summed E-state index contributed by atoms with van der Waals surface area (Å²) in [4.78, 5) is 0. The van der Waals surface area contributed by atoms with Crippen molar-refractivity contribution >= 4 is 0 Å². The third kappa shape index (κ3) is 4.08. The Morgan fingerprint density at radius 1 is 1.18 bits per heavy atom. The van der Waals surface area contributed by atoms with Gasteiger partial charge in [0.1, 0.15) is 0 Å². The first kappa shape index (κ1) is 12.5. The zero-order valence-corrected chi connectivity index (χ0v) is 9.96. The highest BCUT2D eigenvalue weighted by atomic mass is 19.3. The number of alkyl halides is 2. The SMILES string of the molecule is FC(F)(Cc1ccccc1)CC1CCCCN1. The van der Waals surface area contributed by atoms with E-state index < -0.39 is 5.92 Å². The molecule has 94 valence electrons. The molecule has 3 heteroatoms. The van der Waals surface area contributed by atoms with E-state index in [4.69, 9.17) is 0 Å². The highest BCUT2D eigenvalue weighted by molar-refractivity contribution is 5.16. The Labute approximate surface area is 101 Å². The van der Waals surface area contributed by atoms with Crippen LogP contribution in [0.15, 0.2) is 30.3 Å². The van der Waals surface area contributed by atoms with Crippen LogP contribution in [0.1, 0.15) is 31.2 Å². The molecule has 1 aliphatic rings. The molecule has 1 aromatic rings. The van der Waals surface area contributed by atoms with Crippen molar-refractivity contribution in [2.45, 2.75) is 44.1 Å². The van der Waals surface area contributed by atoms with Gasteiger partial charge in [0.05, 0.1) is 0 Å². The minimum atomic E-state index is -2.60. The molecule has 2 rings (SSSR count). The Morgan fingerprint density at radius 3 is 2.59 bits per heavy atom. The molecule has 0 aromatic heterocycles. The molecule has 1 aromatic carbocycles. The number of hydrogen-bond acceptors (Lipinski definition) is 1. The van der Waals surface area contributed by atoms with Gasteiger partial charge in [-0.2, -0.15) is 0 Å². The lowest BCUT2D eigenvalue weighted by Crippen LogP contribution is -2.39. The third-order valence-corrected chi connectivity index (χ3v) is 3.26. The van der Waals surface area contributed by atoms with E-state index in [0.29, 0.717) is 5.56 Å².